The highest BCUT2D eigenvalue weighted by molar-refractivity contribution is 9.10. The third kappa shape index (κ3) is 4.92. The molecule has 1 saturated heterocycles. The van der Waals surface area contributed by atoms with Crippen LogP contribution in [0.3, 0.4) is 0 Å². The summed E-state index contributed by atoms with van der Waals surface area (Å²) in [5.74, 6) is -2.54. The molecule has 1 aromatic heterocycles. The highest BCUT2D eigenvalue weighted by atomic mass is 79.9. The average Bonchev–Trinajstić information content (AvgIpc) is 3.29. The van der Waals surface area contributed by atoms with E-state index in [9.17, 15) is 14.7 Å². The molecular weight excluding hydrogens is 498 g/mol. The van der Waals surface area contributed by atoms with Crippen LogP contribution in [0.15, 0.2) is 64.6 Å². The zero-order chi connectivity index (χ0) is 23.4. The van der Waals surface area contributed by atoms with Gasteiger partial charge in [0, 0.05) is 17.0 Å². The Kier molecular flexibility index (Phi) is 7.16. The van der Waals surface area contributed by atoms with E-state index in [0.29, 0.717) is 21.3 Å². The number of Topliss-reactive ketones (excluding diaryl/α,β-unsaturated/α-hetero) is 1. The number of nitrogens with zero attached hydrogens (tertiary/aromatic N) is 3. The van der Waals surface area contributed by atoms with Crippen LogP contribution < -0.4 is 4.90 Å². The van der Waals surface area contributed by atoms with Crippen molar-refractivity contribution < 1.29 is 24.6 Å². The third-order valence-corrected chi connectivity index (χ3v) is 5.71. The third-order valence-electron chi connectivity index (χ3n) is 4.38. The van der Waals surface area contributed by atoms with E-state index in [1.807, 2.05) is 24.3 Å². The summed E-state index contributed by atoms with van der Waals surface area (Å²) < 4.78 is 0.795. The van der Waals surface area contributed by atoms with Gasteiger partial charge in [0.25, 0.3) is 11.8 Å². The van der Waals surface area contributed by atoms with Gasteiger partial charge in [-0.25, -0.2) is 0 Å². The van der Waals surface area contributed by atoms with Crippen LogP contribution in [-0.4, -0.2) is 38.1 Å². The highest BCUT2D eigenvalue weighted by Gasteiger charge is 2.48. The number of ketones is 1. The summed E-state index contributed by atoms with van der Waals surface area (Å²) in [6.45, 7) is 2.86. The van der Waals surface area contributed by atoms with Crippen LogP contribution in [0.2, 0.25) is 0 Å². The molecule has 2 aromatic carbocycles. The minimum Gasteiger partial charge on any atom is -0.507 e. The van der Waals surface area contributed by atoms with Crippen LogP contribution in [0, 0.1) is 6.92 Å². The summed E-state index contributed by atoms with van der Waals surface area (Å²) in [7, 11) is 0. The molecule has 3 aromatic rings. The molecule has 164 valence electrons. The number of carbonyl (C=O) groups is 3. The monoisotopic (exact) mass is 515 g/mol. The number of hydrogen-bond acceptors (Lipinski definition) is 7. The van der Waals surface area contributed by atoms with Crippen LogP contribution in [0.25, 0.3) is 5.76 Å². The van der Waals surface area contributed by atoms with Crippen LogP contribution in [-0.2, 0) is 14.4 Å². The number of aliphatic hydroxyl groups is 1. The second kappa shape index (κ2) is 9.84. The lowest BCUT2D eigenvalue weighted by molar-refractivity contribution is -0.134. The fraction of sp³-hybridized carbons (Fsp3) is 0.136. The summed E-state index contributed by atoms with van der Waals surface area (Å²) in [6, 6.07) is 15.2. The van der Waals surface area contributed by atoms with Gasteiger partial charge in [0.2, 0.25) is 5.13 Å². The van der Waals surface area contributed by atoms with Crippen molar-refractivity contribution in [2.24, 2.45) is 0 Å². The predicted octanol–water partition coefficient (Wildman–Crippen LogP) is 4.33. The second-order valence-corrected chi connectivity index (χ2v) is 8.79. The number of aryl methyl sites for hydroxylation is 1. The van der Waals surface area contributed by atoms with E-state index in [-0.39, 0.29) is 11.3 Å². The Labute approximate surface area is 196 Å². The molecule has 0 radical (unpaired) electrons. The summed E-state index contributed by atoms with van der Waals surface area (Å²) in [5.41, 5.74) is 1.18. The second-order valence-electron chi connectivity index (χ2n) is 6.71. The SMILES string of the molecule is CC(=O)O.Cc1nnc(N2C(=O)C(=O)C(=C(O)c3ccccc3)C2c2cccc(Br)c2)s1. The van der Waals surface area contributed by atoms with E-state index >= 15 is 0 Å². The van der Waals surface area contributed by atoms with Crippen LogP contribution >= 0.6 is 27.3 Å². The first kappa shape index (κ1) is 23.3. The zero-order valence-electron chi connectivity index (χ0n) is 17.0. The number of benzene rings is 2. The van der Waals surface area contributed by atoms with Crippen molar-refractivity contribution in [2.75, 3.05) is 4.90 Å². The molecule has 10 heteroatoms. The number of aromatic nitrogens is 2. The van der Waals surface area contributed by atoms with E-state index < -0.39 is 23.7 Å². The minimum atomic E-state index is -0.833. The number of amides is 1. The van der Waals surface area contributed by atoms with Crippen molar-refractivity contribution in [2.45, 2.75) is 19.9 Å². The first-order valence-corrected chi connectivity index (χ1v) is 10.9. The number of halogens is 1. The lowest BCUT2D eigenvalue weighted by atomic mass is 9.95. The van der Waals surface area contributed by atoms with Gasteiger partial charge >= 0.3 is 5.91 Å². The molecule has 32 heavy (non-hydrogen) atoms. The zero-order valence-corrected chi connectivity index (χ0v) is 19.4. The Hall–Kier alpha value is -3.37. The van der Waals surface area contributed by atoms with E-state index in [1.54, 1.807) is 37.3 Å². The van der Waals surface area contributed by atoms with Gasteiger partial charge in [-0.15, -0.1) is 10.2 Å². The van der Waals surface area contributed by atoms with E-state index in [4.69, 9.17) is 9.90 Å². The minimum absolute atomic E-state index is 0.0298. The molecule has 0 spiro atoms. The quantitative estimate of drug-likeness (QED) is 0.302. The molecule has 2 heterocycles. The van der Waals surface area contributed by atoms with Gasteiger partial charge in [0.1, 0.15) is 10.8 Å². The van der Waals surface area contributed by atoms with Crippen molar-refractivity contribution in [3.05, 3.63) is 80.8 Å². The van der Waals surface area contributed by atoms with Gasteiger partial charge in [-0.2, -0.15) is 0 Å². The lowest BCUT2D eigenvalue weighted by Crippen LogP contribution is -2.29. The topological polar surface area (TPSA) is 121 Å². The van der Waals surface area contributed by atoms with Gasteiger partial charge in [0.05, 0.1) is 11.6 Å². The molecule has 0 bridgehead atoms. The largest absolute Gasteiger partial charge is 0.507 e. The maximum absolute atomic E-state index is 12.9. The number of aliphatic hydroxyl groups excluding tert-OH is 1. The van der Waals surface area contributed by atoms with Gasteiger partial charge in [-0.3, -0.25) is 19.3 Å². The number of hydrogen-bond donors (Lipinski definition) is 2. The van der Waals surface area contributed by atoms with Gasteiger partial charge in [0.15, 0.2) is 0 Å². The normalized spacial score (nSPS) is 17.1. The lowest BCUT2D eigenvalue weighted by Gasteiger charge is -2.22. The molecule has 2 N–H and O–H groups in total. The predicted molar refractivity (Wildman–Crippen MR) is 123 cm³/mol. The van der Waals surface area contributed by atoms with E-state index in [1.165, 1.54) is 16.2 Å². The van der Waals surface area contributed by atoms with Crippen molar-refractivity contribution >= 4 is 55.8 Å². The molecule has 1 amide bonds. The average molecular weight is 516 g/mol. The molecule has 0 saturated carbocycles. The number of rotatable bonds is 3. The molecule has 1 aliphatic heterocycles. The molecule has 1 unspecified atom stereocenters. The molecule has 1 aliphatic rings. The van der Waals surface area contributed by atoms with Crippen molar-refractivity contribution in [1.82, 2.24) is 10.2 Å². The molecular formula is C22H18BrN3O5S. The Morgan fingerprint density at radius 2 is 1.72 bits per heavy atom. The Bertz CT molecular complexity index is 1210. The van der Waals surface area contributed by atoms with Crippen molar-refractivity contribution in [1.29, 1.82) is 0 Å². The van der Waals surface area contributed by atoms with Gasteiger partial charge < -0.3 is 10.2 Å². The number of carboxylic acids is 1. The highest BCUT2D eigenvalue weighted by Crippen LogP contribution is 2.43. The van der Waals surface area contributed by atoms with Crippen molar-refractivity contribution in [3.8, 4) is 0 Å². The van der Waals surface area contributed by atoms with Crippen molar-refractivity contribution in [3.63, 3.8) is 0 Å². The summed E-state index contributed by atoms with van der Waals surface area (Å²) in [4.78, 5) is 36.1. The van der Waals surface area contributed by atoms with E-state index in [2.05, 4.69) is 26.1 Å². The Morgan fingerprint density at radius 3 is 2.28 bits per heavy atom. The van der Waals surface area contributed by atoms with E-state index in [0.717, 1.165) is 11.4 Å². The number of aliphatic carboxylic acids is 1. The summed E-state index contributed by atoms with van der Waals surface area (Å²) in [5, 5.41) is 27.3. The summed E-state index contributed by atoms with van der Waals surface area (Å²) >= 11 is 4.65. The number of carbonyl (C=O) groups excluding carboxylic acids is 2. The van der Waals surface area contributed by atoms with Crippen LogP contribution in [0.5, 0.6) is 0 Å². The summed E-state index contributed by atoms with van der Waals surface area (Å²) in [6.07, 6.45) is 0. The molecule has 0 aliphatic carbocycles. The fourth-order valence-corrected chi connectivity index (χ4v) is 4.29. The maximum Gasteiger partial charge on any atom is 0.301 e. The molecule has 8 nitrogen and oxygen atoms in total. The molecule has 1 atom stereocenters. The smallest absolute Gasteiger partial charge is 0.301 e. The van der Waals surface area contributed by atoms with Gasteiger partial charge in [-0.1, -0.05) is 69.7 Å². The number of carboxylic acid groups (broad SMARTS) is 1. The fourth-order valence-electron chi connectivity index (χ4n) is 3.16. The first-order chi connectivity index (χ1) is 15.2. The number of anilines is 1. The van der Waals surface area contributed by atoms with Crippen LogP contribution in [0.4, 0.5) is 5.13 Å². The Balaban J connectivity index is 0.000000668. The van der Waals surface area contributed by atoms with Crippen LogP contribution in [0.1, 0.15) is 29.1 Å². The molecule has 4 rings (SSSR count). The first-order valence-electron chi connectivity index (χ1n) is 9.32. The molecule has 1 fully saturated rings. The standard InChI is InChI=1S/C20H14BrN3O3S.C2H4O2/c1-11-22-23-20(28-11)24-16(13-8-5-9-14(21)10-13)15(18(26)19(24)27)17(25)12-6-3-2-4-7-12;1-2(3)4/h2-10,16,25H,1H3;1H3,(H,3,4). The maximum atomic E-state index is 12.9. The Morgan fingerprint density at radius 1 is 1.06 bits per heavy atom. The van der Waals surface area contributed by atoms with Gasteiger partial charge in [-0.05, 0) is 24.6 Å².